The van der Waals surface area contributed by atoms with Gasteiger partial charge in [-0.2, -0.15) is 0 Å². The van der Waals surface area contributed by atoms with Gasteiger partial charge in [-0.1, -0.05) is 48.2 Å². The predicted octanol–water partition coefficient (Wildman–Crippen LogP) is 2.67. The molecular weight excluding hydrogens is 368 g/mol. The Bertz CT molecular complexity index is 847. The summed E-state index contributed by atoms with van der Waals surface area (Å²) in [6, 6.07) is 13.0. The topological polar surface area (TPSA) is 76.9 Å². The smallest absolute Gasteiger partial charge is 0.230 e. The van der Waals surface area contributed by atoms with Crippen molar-refractivity contribution in [3.63, 3.8) is 0 Å². The minimum Gasteiger partial charge on any atom is -0.348 e. The van der Waals surface area contributed by atoms with Crippen LogP contribution in [0.15, 0.2) is 59.3 Å². The van der Waals surface area contributed by atoms with E-state index in [4.69, 9.17) is 0 Å². The molecule has 0 spiro atoms. The molecular formula is C18H18N4O2S2. The Balaban J connectivity index is 1.43. The van der Waals surface area contributed by atoms with Gasteiger partial charge in [-0.25, -0.2) is 0 Å². The van der Waals surface area contributed by atoms with Gasteiger partial charge in [0, 0.05) is 17.0 Å². The monoisotopic (exact) mass is 386 g/mol. The number of hydrogen-bond acceptors (Lipinski definition) is 6. The van der Waals surface area contributed by atoms with E-state index in [-0.39, 0.29) is 24.0 Å². The lowest BCUT2D eigenvalue weighted by Gasteiger charge is -2.06. The highest BCUT2D eigenvalue weighted by Gasteiger charge is 2.11. The Labute approximate surface area is 159 Å². The zero-order valence-electron chi connectivity index (χ0n) is 14.0. The van der Waals surface area contributed by atoms with Gasteiger partial charge in [0.25, 0.3) is 0 Å². The summed E-state index contributed by atoms with van der Waals surface area (Å²) in [5.74, 6) is -0.116. The van der Waals surface area contributed by atoms with Crippen LogP contribution in [0.3, 0.4) is 0 Å². The summed E-state index contributed by atoms with van der Waals surface area (Å²) in [4.78, 5) is 25.3. The lowest BCUT2D eigenvalue weighted by atomic mass is 10.1. The number of hydrogen-bond donors (Lipinski definition) is 1. The van der Waals surface area contributed by atoms with E-state index in [0.29, 0.717) is 10.7 Å². The first-order valence-electron chi connectivity index (χ1n) is 8.10. The Morgan fingerprint density at radius 1 is 1.15 bits per heavy atom. The molecule has 0 aliphatic heterocycles. The highest BCUT2D eigenvalue weighted by molar-refractivity contribution is 7.99. The molecule has 2 heterocycles. The summed E-state index contributed by atoms with van der Waals surface area (Å²) >= 11 is 3.04. The summed E-state index contributed by atoms with van der Waals surface area (Å²) in [7, 11) is 0. The molecule has 0 aliphatic carbocycles. The van der Waals surface area contributed by atoms with Crippen LogP contribution in [0.5, 0.6) is 0 Å². The molecule has 0 aliphatic rings. The summed E-state index contributed by atoms with van der Waals surface area (Å²) in [6.07, 6.45) is 2.58. The number of Topliss-reactive ketones (excluding diaryl/α,β-unsaturated/α-hetero) is 1. The van der Waals surface area contributed by atoms with Crippen molar-refractivity contribution in [2.45, 2.75) is 18.1 Å². The van der Waals surface area contributed by atoms with Crippen molar-refractivity contribution in [1.29, 1.82) is 0 Å². The number of amides is 1. The van der Waals surface area contributed by atoms with Gasteiger partial charge in [-0.3, -0.25) is 9.59 Å². The SMILES string of the molecule is O=C(CSc1nncn1CCc1cccs1)NCC(=O)c1ccccc1. The maximum Gasteiger partial charge on any atom is 0.230 e. The van der Waals surface area contributed by atoms with Crippen molar-refractivity contribution in [2.24, 2.45) is 0 Å². The van der Waals surface area contributed by atoms with Gasteiger partial charge in [-0.05, 0) is 17.9 Å². The minimum atomic E-state index is -0.202. The van der Waals surface area contributed by atoms with Crippen molar-refractivity contribution < 1.29 is 9.59 Å². The molecule has 0 saturated heterocycles. The van der Waals surface area contributed by atoms with Crippen molar-refractivity contribution in [2.75, 3.05) is 12.3 Å². The molecule has 134 valence electrons. The van der Waals surface area contributed by atoms with E-state index in [2.05, 4.69) is 27.0 Å². The molecule has 0 radical (unpaired) electrons. The average Bonchev–Trinajstić information content (AvgIpc) is 3.35. The summed E-state index contributed by atoms with van der Waals surface area (Å²) in [6.45, 7) is 0.762. The maximum absolute atomic E-state index is 12.0. The highest BCUT2D eigenvalue weighted by atomic mass is 32.2. The maximum atomic E-state index is 12.0. The number of aryl methyl sites for hydroxylation is 2. The van der Waals surface area contributed by atoms with Crippen LogP contribution < -0.4 is 5.32 Å². The van der Waals surface area contributed by atoms with E-state index < -0.39 is 0 Å². The van der Waals surface area contributed by atoms with Crippen LogP contribution in [0.2, 0.25) is 0 Å². The molecule has 0 fully saturated rings. The van der Waals surface area contributed by atoms with Crippen LogP contribution in [0, 0.1) is 0 Å². The zero-order chi connectivity index (χ0) is 18.2. The first-order valence-corrected chi connectivity index (χ1v) is 9.97. The minimum absolute atomic E-state index is 0.00548. The lowest BCUT2D eigenvalue weighted by Crippen LogP contribution is -2.30. The molecule has 1 N–H and O–H groups in total. The van der Waals surface area contributed by atoms with Gasteiger partial charge in [0.2, 0.25) is 5.91 Å². The van der Waals surface area contributed by atoms with Crippen molar-refractivity contribution in [1.82, 2.24) is 20.1 Å². The second-order valence-electron chi connectivity index (χ2n) is 5.49. The lowest BCUT2D eigenvalue weighted by molar-refractivity contribution is -0.118. The number of thioether (sulfide) groups is 1. The number of thiophene rings is 1. The van der Waals surface area contributed by atoms with E-state index >= 15 is 0 Å². The third kappa shape index (κ3) is 5.27. The van der Waals surface area contributed by atoms with Gasteiger partial charge in [0.15, 0.2) is 10.9 Å². The van der Waals surface area contributed by atoms with Crippen molar-refractivity contribution >= 4 is 34.8 Å². The van der Waals surface area contributed by atoms with Gasteiger partial charge >= 0.3 is 0 Å². The van der Waals surface area contributed by atoms with E-state index in [1.807, 2.05) is 16.7 Å². The number of benzene rings is 1. The molecule has 1 aromatic carbocycles. The first kappa shape index (κ1) is 18.3. The largest absolute Gasteiger partial charge is 0.348 e. The molecule has 2 aromatic heterocycles. The molecule has 0 bridgehead atoms. The number of ketones is 1. The van der Waals surface area contributed by atoms with Crippen LogP contribution in [0.4, 0.5) is 0 Å². The third-order valence-electron chi connectivity index (χ3n) is 3.63. The summed E-state index contributed by atoms with van der Waals surface area (Å²) < 4.78 is 1.94. The molecule has 8 heteroatoms. The van der Waals surface area contributed by atoms with E-state index in [0.717, 1.165) is 13.0 Å². The molecule has 0 saturated carbocycles. The molecule has 0 atom stereocenters. The fourth-order valence-electron chi connectivity index (χ4n) is 2.28. The van der Waals surface area contributed by atoms with Crippen molar-refractivity contribution in [3.8, 4) is 0 Å². The molecule has 3 aromatic rings. The average molecular weight is 387 g/mol. The van der Waals surface area contributed by atoms with Crippen LogP contribution in [0.25, 0.3) is 0 Å². The molecule has 26 heavy (non-hydrogen) atoms. The summed E-state index contributed by atoms with van der Waals surface area (Å²) in [5, 5.41) is 13.4. The number of nitrogens with one attached hydrogen (secondary N) is 1. The zero-order valence-corrected chi connectivity index (χ0v) is 15.6. The van der Waals surface area contributed by atoms with E-state index in [1.165, 1.54) is 16.6 Å². The Morgan fingerprint density at radius 3 is 2.77 bits per heavy atom. The number of rotatable bonds is 9. The number of carbonyl (C=O) groups excluding carboxylic acids is 2. The fourth-order valence-corrected chi connectivity index (χ4v) is 3.75. The van der Waals surface area contributed by atoms with E-state index in [1.54, 1.807) is 41.9 Å². The van der Waals surface area contributed by atoms with Gasteiger partial charge in [-0.15, -0.1) is 21.5 Å². The van der Waals surface area contributed by atoms with E-state index in [9.17, 15) is 9.59 Å². The Morgan fingerprint density at radius 2 is 2.00 bits per heavy atom. The second-order valence-corrected chi connectivity index (χ2v) is 7.47. The molecule has 6 nitrogen and oxygen atoms in total. The Kier molecular flexibility index (Phi) is 6.56. The Hall–Kier alpha value is -2.45. The fraction of sp³-hybridized carbons (Fsp3) is 0.222. The van der Waals surface area contributed by atoms with Crippen molar-refractivity contribution in [3.05, 3.63) is 64.6 Å². The number of nitrogens with zero attached hydrogens (tertiary/aromatic N) is 3. The highest BCUT2D eigenvalue weighted by Crippen LogP contribution is 2.16. The van der Waals surface area contributed by atoms with Gasteiger partial charge < -0.3 is 9.88 Å². The number of carbonyl (C=O) groups is 2. The molecule has 3 rings (SSSR count). The summed E-state index contributed by atoms with van der Waals surface area (Å²) in [5.41, 5.74) is 0.591. The first-order chi connectivity index (χ1) is 12.7. The molecule has 1 amide bonds. The second kappa shape index (κ2) is 9.30. The third-order valence-corrected chi connectivity index (χ3v) is 5.55. The quantitative estimate of drug-likeness (QED) is 0.452. The van der Waals surface area contributed by atoms with Crippen LogP contribution in [-0.2, 0) is 17.8 Å². The van der Waals surface area contributed by atoms with Gasteiger partial charge in [0.05, 0.1) is 12.3 Å². The van der Waals surface area contributed by atoms with Crippen LogP contribution >= 0.6 is 23.1 Å². The standard InChI is InChI=1S/C18H18N4O2S2/c23-16(14-5-2-1-3-6-14)11-19-17(24)12-26-18-21-20-13-22(18)9-8-15-7-4-10-25-15/h1-7,10,13H,8-9,11-12H2,(H,19,24). The van der Waals surface area contributed by atoms with Gasteiger partial charge in [0.1, 0.15) is 6.33 Å². The normalized spacial score (nSPS) is 10.6. The predicted molar refractivity (Wildman–Crippen MR) is 103 cm³/mol. The molecule has 0 unspecified atom stereocenters. The van der Waals surface area contributed by atoms with Crippen LogP contribution in [0.1, 0.15) is 15.2 Å². The number of aromatic nitrogens is 3. The van der Waals surface area contributed by atoms with Crippen LogP contribution in [-0.4, -0.2) is 38.8 Å².